The normalized spacial score (nSPS) is 11.2. The first kappa shape index (κ1) is 22.9. The van der Waals surface area contributed by atoms with Crippen LogP contribution < -0.4 is 4.90 Å². The van der Waals surface area contributed by atoms with Gasteiger partial charge in [0.2, 0.25) is 0 Å². The molecule has 0 aliphatic rings. The summed E-state index contributed by atoms with van der Waals surface area (Å²) in [6.45, 7) is 5.11. The minimum atomic E-state index is 0.586. The number of azo groups is 1. The number of nitrogens with zero attached hydrogens (tertiary/aromatic N) is 4. The Balaban J connectivity index is 1.91. The molecule has 29 heavy (non-hydrogen) atoms. The third-order valence-corrected chi connectivity index (χ3v) is 4.03. The van der Waals surface area contributed by atoms with Gasteiger partial charge in [-0.25, -0.2) is 0 Å². The number of methoxy groups -OCH3 is 2. The Kier molecular flexibility index (Phi) is 11.5. The number of anilines is 1. The highest BCUT2D eigenvalue weighted by Crippen LogP contribution is 2.22. The van der Waals surface area contributed by atoms with E-state index in [1.165, 1.54) is 0 Å². The van der Waals surface area contributed by atoms with Crippen molar-refractivity contribution in [2.45, 2.75) is 0 Å². The first-order chi connectivity index (χ1) is 14.3. The zero-order valence-electron chi connectivity index (χ0n) is 17.2. The lowest BCUT2D eigenvalue weighted by molar-refractivity contribution is 0.0677. The standard InChI is InChI=1S/C21H30N4O4/c1-26-15-17-28-13-11-25(12-14-29-18-16-27-2)21-5-3-19(4-6-21)23-24-20-7-9-22-10-8-20/h3-10H,11-18H2,1-2H3. The van der Waals surface area contributed by atoms with Crippen molar-refractivity contribution in [1.29, 1.82) is 0 Å². The van der Waals surface area contributed by atoms with Gasteiger partial charge >= 0.3 is 0 Å². The number of hydrogen-bond acceptors (Lipinski definition) is 8. The molecule has 0 saturated heterocycles. The maximum Gasteiger partial charge on any atom is 0.0887 e. The van der Waals surface area contributed by atoms with Gasteiger partial charge in [-0.3, -0.25) is 4.98 Å². The minimum Gasteiger partial charge on any atom is -0.382 e. The van der Waals surface area contributed by atoms with Crippen molar-refractivity contribution in [3.63, 3.8) is 0 Å². The fourth-order valence-corrected chi connectivity index (χ4v) is 2.46. The van der Waals surface area contributed by atoms with E-state index in [4.69, 9.17) is 18.9 Å². The van der Waals surface area contributed by atoms with Gasteiger partial charge in [0.05, 0.1) is 51.0 Å². The summed E-state index contributed by atoms with van der Waals surface area (Å²) in [7, 11) is 3.33. The van der Waals surface area contributed by atoms with Crippen LogP contribution >= 0.6 is 0 Å². The number of benzene rings is 1. The first-order valence-electron chi connectivity index (χ1n) is 9.63. The maximum atomic E-state index is 5.62. The zero-order valence-corrected chi connectivity index (χ0v) is 17.2. The number of hydrogen-bond donors (Lipinski definition) is 0. The Labute approximate surface area is 172 Å². The molecule has 8 nitrogen and oxygen atoms in total. The number of pyridine rings is 1. The van der Waals surface area contributed by atoms with E-state index < -0.39 is 0 Å². The summed E-state index contributed by atoms with van der Waals surface area (Å²) in [6.07, 6.45) is 3.39. The molecular formula is C21H30N4O4. The predicted molar refractivity (Wildman–Crippen MR) is 112 cm³/mol. The summed E-state index contributed by atoms with van der Waals surface area (Å²) < 4.78 is 21.3. The molecule has 8 heteroatoms. The summed E-state index contributed by atoms with van der Waals surface area (Å²) in [6, 6.07) is 11.6. The molecule has 0 N–H and O–H groups in total. The van der Waals surface area contributed by atoms with E-state index in [2.05, 4.69) is 20.1 Å². The SMILES string of the molecule is COCCOCCN(CCOCCOC)c1ccc(N=Nc2ccncc2)cc1. The zero-order chi connectivity index (χ0) is 20.6. The molecular weight excluding hydrogens is 372 g/mol. The van der Waals surface area contributed by atoms with Crippen LogP contribution in [-0.2, 0) is 18.9 Å². The molecule has 1 heterocycles. The lowest BCUT2D eigenvalue weighted by Gasteiger charge is -2.25. The fourth-order valence-electron chi connectivity index (χ4n) is 2.46. The Morgan fingerprint density at radius 2 is 1.21 bits per heavy atom. The summed E-state index contributed by atoms with van der Waals surface area (Å²) in [4.78, 5) is 6.20. The second-order valence-electron chi connectivity index (χ2n) is 6.12. The van der Waals surface area contributed by atoms with Gasteiger partial charge in [-0.2, -0.15) is 10.2 Å². The van der Waals surface area contributed by atoms with E-state index in [1.54, 1.807) is 26.6 Å². The summed E-state index contributed by atoms with van der Waals surface area (Å²) >= 11 is 0. The van der Waals surface area contributed by atoms with Crippen molar-refractivity contribution in [3.8, 4) is 0 Å². The predicted octanol–water partition coefficient (Wildman–Crippen LogP) is 3.63. The topological polar surface area (TPSA) is 77.8 Å². The van der Waals surface area contributed by atoms with E-state index in [9.17, 15) is 0 Å². The fraction of sp³-hybridized carbons (Fsp3) is 0.476. The number of ether oxygens (including phenoxy) is 4. The Morgan fingerprint density at radius 3 is 1.72 bits per heavy atom. The smallest absolute Gasteiger partial charge is 0.0887 e. The Morgan fingerprint density at radius 1 is 0.690 bits per heavy atom. The largest absolute Gasteiger partial charge is 0.382 e. The molecule has 0 bridgehead atoms. The van der Waals surface area contributed by atoms with E-state index >= 15 is 0 Å². The molecule has 2 aromatic rings. The molecule has 1 aromatic carbocycles. The molecule has 0 spiro atoms. The van der Waals surface area contributed by atoms with Gasteiger partial charge in [0, 0.05) is 45.4 Å². The van der Waals surface area contributed by atoms with Crippen molar-refractivity contribution in [2.24, 2.45) is 10.2 Å². The van der Waals surface area contributed by atoms with E-state index in [-0.39, 0.29) is 0 Å². The van der Waals surface area contributed by atoms with Crippen LogP contribution in [-0.4, -0.2) is 71.9 Å². The highest BCUT2D eigenvalue weighted by atomic mass is 16.5. The van der Waals surface area contributed by atoms with Crippen molar-refractivity contribution in [1.82, 2.24) is 4.98 Å². The summed E-state index contributed by atoms with van der Waals surface area (Å²) in [5, 5.41) is 8.49. The average Bonchev–Trinajstić information content (AvgIpc) is 2.77. The molecule has 0 fully saturated rings. The van der Waals surface area contributed by atoms with Gasteiger partial charge in [0.15, 0.2) is 0 Å². The molecule has 2 rings (SSSR count). The maximum absolute atomic E-state index is 5.62. The quantitative estimate of drug-likeness (QED) is 0.334. The van der Waals surface area contributed by atoms with Gasteiger partial charge in [0.1, 0.15) is 0 Å². The van der Waals surface area contributed by atoms with Gasteiger partial charge in [-0.1, -0.05) is 0 Å². The molecule has 0 aliphatic carbocycles. The number of rotatable bonds is 15. The van der Waals surface area contributed by atoms with Crippen molar-refractivity contribution in [3.05, 3.63) is 48.8 Å². The highest BCUT2D eigenvalue weighted by molar-refractivity contribution is 5.53. The Bertz CT molecular complexity index is 669. The van der Waals surface area contributed by atoms with Crippen LogP contribution in [0.2, 0.25) is 0 Å². The molecule has 0 radical (unpaired) electrons. The summed E-state index contributed by atoms with van der Waals surface area (Å²) in [5.41, 5.74) is 2.64. The van der Waals surface area contributed by atoms with Gasteiger partial charge in [-0.15, -0.1) is 0 Å². The molecule has 0 saturated carbocycles. The van der Waals surface area contributed by atoms with E-state index in [0.717, 1.165) is 30.2 Å². The second-order valence-corrected chi connectivity index (χ2v) is 6.12. The monoisotopic (exact) mass is 402 g/mol. The third-order valence-electron chi connectivity index (χ3n) is 4.03. The molecule has 0 amide bonds. The molecule has 0 atom stereocenters. The van der Waals surface area contributed by atoms with Gasteiger partial charge < -0.3 is 23.8 Å². The van der Waals surface area contributed by atoms with Gasteiger partial charge in [0.25, 0.3) is 0 Å². The average molecular weight is 402 g/mol. The molecule has 0 unspecified atom stereocenters. The number of aromatic nitrogens is 1. The molecule has 158 valence electrons. The Hall–Kier alpha value is -2.39. The van der Waals surface area contributed by atoms with E-state index in [1.807, 2.05) is 36.4 Å². The summed E-state index contributed by atoms with van der Waals surface area (Å²) in [5.74, 6) is 0. The lowest BCUT2D eigenvalue weighted by Crippen LogP contribution is -2.31. The molecule has 0 aliphatic heterocycles. The highest BCUT2D eigenvalue weighted by Gasteiger charge is 2.07. The van der Waals surface area contributed by atoms with Crippen LogP contribution in [0.15, 0.2) is 59.0 Å². The molecule has 1 aromatic heterocycles. The van der Waals surface area contributed by atoms with Crippen molar-refractivity contribution < 1.29 is 18.9 Å². The van der Waals surface area contributed by atoms with Crippen LogP contribution in [0.3, 0.4) is 0 Å². The lowest BCUT2D eigenvalue weighted by atomic mass is 10.2. The van der Waals surface area contributed by atoms with Crippen molar-refractivity contribution >= 4 is 17.1 Å². The van der Waals surface area contributed by atoms with Crippen molar-refractivity contribution in [2.75, 3.05) is 71.9 Å². The van der Waals surface area contributed by atoms with Crippen LogP contribution in [0.25, 0.3) is 0 Å². The third kappa shape index (κ3) is 9.58. The van der Waals surface area contributed by atoms with Crippen LogP contribution in [0.5, 0.6) is 0 Å². The van der Waals surface area contributed by atoms with Crippen LogP contribution in [0.1, 0.15) is 0 Å². The van der Waals surface area contributed by atoms with Crippen LogP contribution in [0, 0.1) is 0 Å². The minimum absolute atomic E-state index is 0.586. The first-order valence-corrected chi connectivity index (χ1v) is 9.63. The van der Waals surface area contributed by atoms with Gasteiger partial charge in [-0.05, 0) is 36.4 Å². The second kappa shape index (κ2) is 14.6. The van der Waals surface area contributed by atoms with E-state index in [0.29, 0.717) is 39.6 Å². The van der Waals surface area contributed by atoms with Crippen LogP contribution in [0.4, 0.5) is 17.1 Å².